The first-order valence-electron chi connectivity index (χ1n) is 10.1. The Kier molecular flexibility index (Phi) is 10.5. The van der Waals surface area contributed by atoms with E-state index in [0.29, 0.717) is 13.2 Å². The largest absolute Gasteiger partial charge is 0.380 e. The fourth-order valence-electron chi connectivity index (χ4n) is 3.57. The lowest BCUT2D eigenvalue weighted by molar-refractivity contribution is 0.184. The molecule has 0 radical (unpaired) electrons. The molecule has 0 spiro atoms. The molecular weight excluding hydrogens is 475 g/mol. The molecule has 0 saturated carbocycles. The first-order valence-corrected chi connectivity index (χ1v) is 10.1. The van der Waals surface area contributed by atoms with E-state index in [1.165, 1.54) is 48.2 Å². The van der Waals surface area contributed by atoms with Crippen molar-refractivity contribution in [3.05, 3.63) is 70.8 Å². The highest BCUT2D eigenvalue weighted by Gasteiger charge is 2.11. The molecule has 0 amide bonds. The Morgan fingerprint density at radius 3 is 2.21 bits per heavy atom. The van der Waals surface area contributed by atoms with E-state index in [1.807, 2.05) is 6.07 Å². The van der Waals surface area contributed by atoms with Crippen LogP contribution in [0, 0.1) is 0 Å². The van der Waals surface area contributed by atoms with E-state index in [0.717, 1.165) is 19.0 Å². The third-order valence-electron chi connectivity index (χ3n) is 5.18. The molecule has 2 aromatic rings. The van der Waals surface area contributed by atoms with E-state index in [1.54, 1.807) is 14.2 Å². The van der Waals surface area contributed by atoms with Crippen LogP contribution in [0.2, 0.25) is 0 Å². The number of methoxy groups -OCH3 is 1. The molecule has 0 aliphatic carbocycles. The summed E-state index contributed by atoms with van der Waals surface area (Å²) in [4.78, 5) is 6.86. The van der Waals surface area contributed by atoms with E-state index in [9.17, 15) is 0 Å². The molecule has 1 heterocycles. The van der Waals surface area contributed by atoms with Crippen LogP contribution in [0.4, 0.5) is 0 Å². The topological polar surface area (TPSA) is 48.9 Å². The summed E-state index contributed by atoms with van der Waals surface area (Å²) in [5, 5.41) is 6.79. The number of hydrogen-bond acceptors (Lipinski definition) is 3. The Morgan fingerprint density at radius 1 is 0.931 bits per heavy atom. The average Bonchev–Trinajstić information content (AvgIpc) is 3.23. The van der Waals surface area contributed by atoms with Crippen molar-refractivity contribution in [3.63, 3.8) is 0 Å². The molecule has 0 bridgehead atoms. The van der Waals surface area contributed by atoms with Gasteiger partial charge in [-0.2, -0.15) is 0 Å². The van der Waals surface area contributed by atoms with Crippen LogP contribution in [-0.4, -0.2) is 38.1 Å². The maximum atomic E-state index is 5.28. The maximum absolute atomic E-state index is 5.28. The van der Waals surface area contributed by atoms with Crippen molar-refractivity contribution in [2.24, 2.45) is 4.99 Å². The van der Waals surface area contributed by atoms with Crippen LogP contribution in [0.3, 0.4) is 0 Å². The van der Waals surface area contributed by atoms with Gasteiger partial charge in [-0.1, -0.05) is 48.5 Å². The third kappa shape index (κ3) is 7.60. The number of benzene rings is 2. The Hall–Kier alpha value is -1.64. The van der Waals surface area contributed by atoms with Crippen LogP contribution in [0.25, 0.3) is 0 Å². The summed E-state index contributed by atoms with van der Waals surface area (Å²) in [6, 6.07) is 17.2. The summed E-state index contributed by atoms with van der Waals surface area (Å²) >= 11 is 0. The van der Waals surface area contributed by atoms with E-state index >= 15 is 0 Å². The maximum Gasteiger partial charge on any atom is 0.191 e. The Labute approximate surface area is 192 Å². The van der Waals surface area contributed by atoms with Gasteiger partial charge in [0.15, 0.2) is 5.96 Å². The summed E-state index contributed by atoms with van der Waals surface area (Å²) in [5.41, 5.74) is 5.07. The fraction of sp³-hybridized carbons (Fsp3) is 0.435. The van der Waals surface area contributed by atoms with Crippen molar-refractivity contribution >= 4 is 29.9 Å². The quantitative estimate of drug-likeness (QED) is 0.323. The van der Waals surface area contributed by atoms with Gasteiger partial charge >= 0.3 is 0 Å². The Balaban J connectivity index is 0.00000300. The van der Waals surface area contributed by atoms with Gasteiger partial charge < -0.3 is 15.4 Å². The summed E-state index contributed by atoms with van der Waals surface area (Å²) < 4.78 is 5.28. The van der Waals surface area contributed by atoms with Crippen LogP contribution in [0.5, 0.6) is 0 Å². The van der Waals surface area contributed by atoms with Crippen molar-refractivity contribution in [2.75, 3.05) is 27.2 Å². The van der Waals surface area contributed by atoms with Crippen LogP contribution in [-0.2, 0) is 31.0 Å². The minimum atomic E-state index is 0. The lowest BCUT2D eigenvalue weighted by Gasteiger charge is -2.16. The van der Waals surface area contributed by atoms with Crippen molar-refractivity contribution in [1.82, 2.24) is 15.5 Å². The number of nitrogens with one attached hydrogen (secondary N) is 2. The number of nitrogens with zero attached hydrogens (tertiary/aromatic N) is 2. The van der Waals surface area contributed by atoms with Gasteiger partial charge in [-0.25, -0.2) is 0 Å². The molecule has 5 nitrogen and oxygen atoms in total. The van der Waals surface area contributed by atoms with E-state index < -0.39 is 0 Å². The zero-order chi connectivity index (χ0) is 19.6. The zero-order valence-corrected chi connectivity index (χ0v) is 19.8. The van der Waals surface area contributed by atoms with Crippen molar-refractivity contribution in [2.45, 2.75) is 39.1 Å². The second-order valence-electron chi connectivity index (χ2n) is 7.28. The molecule has 0 aromatic heterocycles. The lowest BCUT2D eigenvalue weighted by atomic mass is 10.1. The smallest absolute Gasteiger partial charge is 0.191 e. The molecule has 2 N–H and O–H groups in total. The summed E-state index contributed by atoms with van der Waals surface area (Å²) in [5.74, 6) is 0.799. The second kappa shape index (κ2) is 12.8. The number of ether oxygens (including phenoxy) is 1. The molecule has 2 aromatic carbocycles. The van der Waals surface area contributed by atoms with Gasteiger partial charge in [-0.15, -0.1) is 24.0 Å². The summed E-state index contributed by atoms with van der Waals surface area (Å²) in [6.07, 6.45) is 2.67. The van der Waals surface area contributed by atoms with Crippen LogP contribution in [0.1, 0.15) is 35.1 Å². The van der Waals surface area contributed by atoms with Crippen molar-refractivity contribution in [1.29, 1.82) is 0 Å². The SMILES string of the molecule is CN=C(NCc1ccc(CN2CCCC2)cc1)NCc1ccccc1COC.I. The third-order valence-corrected chi connectivity index (χ3v) is 5.18. The van der Waals surface area contributed by atoms with E-state index in [-0.39, 0.29) is 24.0 Å². The Bertz CT molecular complexity index is 758. The van der Waals surface area contributed by atoms with Crippen LogP contribution >= 0.6 is 24.0 Å². The lowest BCUT2D eigenvalue weighted by Crippen LogP contribution is -2.36. The number of guanidine groups is 1. The van der Waals surface area contributed by atoms with Gasteiger partial charge in [0, 0.05) is 33.8 Å². The highest BCUT2D eigenvalue weighted by atomic mass is 127. The molecule has 0 atom stereocenters. The molecule has 6 heteroatoms. The zero-order valence-electron chi connectivity index (χ0n) is 17.5. The first-order chi connectivity index (χ1) is 13.8. The molecule has 29 heavy (non-hydrogen) atoms. The number of rotatable bonds is 8. The van der Waals surface area contributed by atoms with Gasteiger partial charge in [0.05, 0.1) is 6.61 Å². The van der Waals surface area contributed by atoms with E-state index in [4.69, 9.17) is 4.74 Å². The molecule has 1 saturated heterocycles. The molecular formula is C23H33IN4O. The predicted molar refractivity (Wildman–Crippen MR) is 131 cm³/mol. The predicted octanol–water partition coefficient (Wildman–Crippen LogP) is 3.91. The second-order valence-corrected chi connectivity index (χ2v) is 7.28. The minimum absolute atomic E-state index is 0. The average molecular weight is 508 g/mol. The van der Waals surface area contributed by atoms with Gasteiger partial charge in [0.1, 0.15) is 0 Å². The molecule has 1 fully saturated rings. The van der Waals surface area contributed by atoms with Crippen molar-refractivity contribution < 1.29 is 4.74 Å². The summed E-state index contributed by atoms with van der Waals surface area (Å²) in [7, 11) is 3.52. The van der Waals surface area contributed by atoms with Gasteiger partial charge in [-0.05, 0) is 48.2 Å². The number of halogens is 1. The molecule has 0 unspecified atom stereocenters. The highest BCUT2D eigenvalue weighted by Crippen LogP contribution is 2.13. The molecule has 158 valence electrons. The minimum Gasteiger partial charge on any atom is -0.380 e. The Morgan fingerprint density at radius 2 is 1.55 bits per heavy atom. The van der Waals surface area contributed by atoms with Gasteiger partial charge in [-0.3, -0.25) is 9.89 Å². The number of aliphatic imine (C=N–C) groups is 1. The molecule has 1 aliphatic heterocycles. The number of hydrogen-bond donors (Lipinski definition) is 2. The highest BCUT2D eigenvalue weighted by molar-refractivity contribution is 14.0. The summed E-state index contributed by atoms with van der Waals surface area (Å²) in [6.45, 7) is 5.63. The normalized spacial score (nSPS) is 14.5. The fourth-order valence-corrected chi connectivity index (χ4v) is 3.57. The molecule has 1 aliphatic rings. The van der Waals surface area contributed by atoms with Crippen LogP contribution in [0.15, 0.2) is 53.5 Å². The van der Waals surface area contributed by atoms with Gasteiger partial charge in [0.2, 0.25) is 0 Å². The monoisotopic (exact) mass is 508 g/mol. The van der Waals surface area contributed by atoms with E-state index in [2.05, 4.69) is 63.0 Å². The van der Waals surface area contributed by atoms with Crippen molar-refractivity contribution in [3.8, 4) is 0 Å². The van der Waals surface area contributed by atoms with Crippen LogP contribution < -0.4 is 10.6 Å². The standard InChI is InChI=1S/C23H32N4O.HI/c1-24-23(26-16-21-7-3-4-8-22(21)18-28-2)25-15-19-9-11-20(12-10-19)17-27-13-5-6-14-27;/h3-4,7-12H,5-6,13-18H2,1-2H3,(H2,24,25,26);1H. The molecule has 3 rings (SSSR count). The van der Waals surface area contributed by atoms with Gasteiger partial charge in [0.25, 0.3) is 0 Å². The first kappa shape index (κ1) is 23.6. The number of likely N-dealkylation sites (tertiary alicyclic amines) is 1.